The molecule has 1 aromatic carbocycles. The van der Waals surface area contributed by atoms with Crippen LogP contribution in [0.15, 0.2) is 24.4 Å². The number of hydrogen-bond donors (Lipinski definition) is 0. The first-order valence-electron chi connectivity index (χ1n) is 6.00. The Morgan fingerprint density at radius 3 is 2.37 bits per heavy atom. The third kappa shape index (κ3) is 2.43. The van der Waals surface area contributed by atoms with E-state index in [0.717, 1.165) is 11.4 Å². The van der Waals surface area contributed by atoms with E-state index in [4.69, 9.17) is 0 Å². The second kappa shape index (κ2) is 4.96. The molecule has 0 saturated heterocycles. The van der Waals surface area contributed by atoms with Crippen LogP contribution in [0.2, 0.25) is 0 Å². The van der Waals surface area contributed by atoms with E-state index in [1.807, 2.05) is 32.0 Å². The molecule has 0 aliphatic rings. The van der Waals surface area contributed by atoms with Gasteiger partial charge in [0.15, 0.2) is 0 Å². The van der Waals surface area contributed by atoms with Gasteiger partial charge in [-0.05, 0) is 37.6 Å². The second-order valence-corrected chi connectivity index (χ2v) is 4.79. The van der Waals surface area contributed by atoms with Crippen LogP contribution in [0.5, 0.6) is 0 Å². The Kier molecular flexibility index (Phi) is 3.51. The summed E-state index contributed by atoms with van der Waals surface area (Å²) in [5, 5.41) is 0. The molecular formula is C15H16F2N2. The lowest BCUT2D eigenvalue weighted by Gasteiger charge is -2.15. The standard InChI is InChI=1S/C15H16F2N2/c1-9-7-11(8-18-15(9)19(3)4)12-5-6-13(16)10(2)14(12)17/h5-8H,1-4H3. The van der Waals surface area contributed by atoms with E-state index >= 15 is 0 Å². The third-order valence-electron chi connectivity index (χ3n) is 3.11. The number of aryl methyl sites for hydroxylation is 1. The van der Waals surface area contributed by atoms with Crippen molar-refractivity contribution in [2.75, 3.05) is 19.0 Å². The highest BCUT2D eigenvalue weighted by Crippen LogP contribution is 2.28. The molecule has 0 saturated carbocycles. The Balaban J connectivity index is 2.55. The van der Waals surface area contributed by atoms with Gasteiger partial charge in [-0.2, -0.15) is 0 Å². The van der Waals surface area contributed by atoms with Gasteiger partial charge in [-0.25, -0.2) is 13.8 Å². The van der Waals surface area contributed by atoms with Gasteiger partial charge in [-0.3, -0.25) is 0 Å². The van der Waals surface area contributed by atoms with E-state index in [2.05, 4.69) is 4.98 Å². The summed E-state index contributed by atoms with van der Waals surface area (Å²) in [7, 11) is 3.80. The molecule has 1 heterocycles. The van der Waals surface area contributed by atoms with E-state index in [0.29, 0.717) is 11.1 Å². The zero-order valence-corrected chi connectivity index (χ0v) is 11.5. The van der Waals surface area contributed by atoms with Crippen molar-refractivity contribution < 1.29 is 8.78 Å². The average molecular weight is 262 g/mol. The number of halogens is 2. The Labute approximate surface area is 111 Å². The minimum absolute atomic E-state index is 0.0341. The van der Waals surface area contributed by atoms with Crippen molar-refractivity contribution in [1.82, 2.24) is 4.98 Å². The molecule has 2 aromatic rings. The molecule has 0 fully saturated rings. The monoisotopic (exact) mass is 262 g/mol. The van der Waals surface area contributed by atoms with Crippen molar-refractivity contribution in [3.63, 3.8) is 0 Å². The summed E-state index contributed by atoms with van der Waals surface area (Å²) in [4.78, 5) is 6.21. The first kappa shape index (κ1) is 13.5. The molecule has 1 aromatic heterocycles. The Morgan fingerprint density at radius 1 is 1.11 bits per heavy atom. The highest BCUT2D eigenvalue weighted by atomic mass is 19.1. The maximum atomic E-state index is 14.1. The Morgan fingerprint density at radius 2 is 1.79 bits per heavy atom. The van der Waals surface area contributed by atoms with Crippen LogP contribution >= 0.6 is 0 Å². The van der Waals surface area contributed by atoms with Crippen molar-refractivity contribution in [1.29, 1.82) is 0 Å². The highest BCUT2D eigenvalue weighted by Gasteiger charge is 2.13. The van der Waals surface area contributed by atoms with Gasteiger partial charge >= 0.3 is 0 Å². The molecule has 0 amide bonds. The summed E-state index contributed by atoms with van der Waals surface area (Å²) in [6, 6.07) is 4.59. The number of aromatic nitrogens is 1. The Hall–Kier alpha value is -1.97. The molecule has 100 valence electrons. The van der Waals surface area contributed by atoms with Gasteiger partial charge in [0.05, 0.1) is 0 Å². The molecule has 19 heavy (non-hydrogen) atoms. The van der Waals surface area contributed by atoms with Gasteiger partial charge in [0, 0.05) is 37.0 Å². The number of pyridine rings is 1. The molecule has 2 rings (SSSR count). The number of anilines is 1. The van der Waals surface area contributed by atoms with Crippen molar-refractivity contribution in [2.24, 2.45) is 0 Å². The van der Waals surface area contributed by atoms with Gasteiger partial charge in [-0.15, -0.1) is 0 Å². The van der Waals surface area contributed by atoms with Crippen LogP contribution in [-0.2, 0) is 0 Å². The molecule has 0 bridgehead atoms. The van der Waals surface area contributed by atoms with Crippen LogP contribution in [-0.4, -0.2) is 19.1 Å². The SMILES string of the molecule is Cc1cc(-c2ccc(F)c(C)c2F)cnc1N(C)C. The van der Waals surface area contributed by atoms with Crippen LogP contribution < -0.4 is 4.90 Å². The topological polar surface area (TPSA) is 16.1 Å². The van der Waals surface area contributed by atoms with Gasteiger partial charge in [0.2, 0.25) is 0 Å². The predicted octanol–water partition coefficient (Wildman–Crippen LogP) is 3.71. The minimum atomic E-state index is -0.532. The van der Waals surface area contributed by atoms with E-state index < -0.39 is 11.6 Å². The summed E-state index contributed by atoms with van der Waals surface area (Å²) in [5.74, 6) is -0.224. The molecule has 0 N–H and O–H groups in total. The minimum Gasteiger partial charge on any atom is -0.363 e. The lowest BCUT2D eigenvalue weighted by Crippen LogP contribution is -2.12. The van der Waals surface area contributed by atoms with Crippen molar-refractivity contribution >= 4 is 5.82 Å². The molecule has 2 nitrogen and oxygen atoms in total. The normalized spacial score (nSPS) is 10.6. The summed E-state index contributed by atoms with van der Waals surface area (Å²) >= 11 is 0. The quantitative estimate of drug-likeness (QED) is 0.820. The van der Waals surface area contributed by atoms with Gasteiger partial charge in [0.1, 0.15) is 17.5 Å². The second-order valence-electron chi connectivity index (χ2n) is 4.79. The summed E-state index contributed by atoms with van der Waals surface area (Å²) in [6.45, 7) is 3.35. The molecule has 0 aliphatic heterocycles. The first-order valence-corrected chi connectivity index (χ1v) is 6.00. The van der Waals surface area contributed by atoms with Crippen molar-refractivity contribution in [3.8, 4) is 11.1 Å². The number of benzene rings is 1. The number of hydrogen-bond acceptors (Lipinski definition) is 2. The largest absolute Gasteiger partial charge is 0.363 e. The molecular weight excluding hydrogens is 246 g/mol. The predicted molar refractivity (Wildman–Crippen MR) is 73.4 cm³/mol. The van der Waals surface area contributed by atoms with Crippen molar-refractivity contribution in [3.05, 3.63) is 47.2 Å². The fraction of sp³-hybridized carbons (Fsp3) is 0.267. The van der Waals surface area contributed by atoms with Crippen LogP contribution in [0.25, 0.3) is 11.1 Å². The van der Waals surface area contributed by atoms with Gasteiger partial charge in [0.25, 0.3) is 0 Å². The van der Waals surface area contributed by atoms with Gasteiger partial charge < -0.3 is 4.90 Å². The zero-order valence-electron chi connectivity index (χ0n) is 11.5. The number of rotatable bonds is 2. The maximum absolute atomic E-state index is 14.1. The molecule has 0 radical (unpaired) electrons. The fourth-order valence-corrected chi connectivity index (χ4v) is 2.07. The van der Waals surface area contributed by atoms with Crippen LogP contribution in [0.1, 0.15) is 11.1 Å². The van der Waals surface area contributed by atoms with Crippen LogP contribution in [0.4, 0.5) is 14.6 Å². The average Bonchev–Trinajstić information content (AvgIpc) is 2.35. The van der Waals surface area contributed by atoms with Gasteiger partial charge in [-0.1, -0.05) is 0 Å². The first-order chi connectivity index (χ1) is 8.91. The van der Waals surface area contributed by atoms with E-state index in [-0.39, 0.29) is 5.56 Å². The number of nitrogens with zero attached hydrogens (tertiary/aromatic N) is 2. The Bertz CT molecular complexity index is 622. The van der Waals surface area contributed by atoms with Crippen LogP contribution in [0.3, 0.4) is 0 Å². The summed E-state index contributed by atoms with van der Waals surface area (Å²) in [5.41, 5.74) is 2.01. The van der Waals surface area contributed by atoms with Crippen molar-refractivity contribution in [2.45, 2.75) is 13.8 Å². The molecule has 0 unspecified atom stereocenters. The molecule has 0 atom stereocenters. The highest BCUT2D eigenvalue weighted by molar-refractivity contribution is 5.67. The maximum Gasteiger partial charge on any atom is 0.136 e. The molecule has 0 spiro atoms. The fourth-order valence-electron chi connectivity index (χ4n) is 2.07. The summed E-state index contributed by atoms with van der Waals surface area (Å²) < 4.78 is 27.3. The van der Waals surface area contributed by atoms with E-state index in [1.54, 1.807) is 6.20 Å². The molecule has 0 aliphatic carbocycles. The molecule has 4 heteroatoms. The van der Waals surface area contributed by atoms with E-state index in [9.17, 15) is 8.78 Å². The van der Waals surface area contributed by atoms with E-state index in [1.165, 1.54) is 19.1 Å². The smallest absolute Gasteiger partial charge is 0.136 e. The lowest BCUT2D eigenvalue weighted by atomic mass is 10.0. The van der Waals surface area contributed by atoms with Crippen LogP contribution in [0, 0.1) is 25.5 Å². The lowest BCUT2D eigenvalue weighted by molar-refractivity contribution is 0.570. The zero-order chi connectivity index (χ0) is 14.2. The summed E-state index contributed by atoms with van der Waals surface area (Å²) in [6.07, 6.45) is 1.61. The third-order valence-corrected chi connectivity index (χ3v) is 3.11.